The number of nitrogens with zero attached hydrogens (tertiary/aromatic N) is 4. The predicted octanol–water partition coefficient (Wildman–Crippen LogP) is 2.75. The lowest BCUT2D eigenvalue weighted by Gasteiger charge is -2.42. The molecule has 2 aliphatic rings. The minimum atomic E-state index is -0.513. The van der Waals surface area contributed by atoms with Crippen molar-refractivity contribution in [3.8, 4) is 5.75 Å². The quantitative estimate of drug-likeness (QED) is 0.0575. The number of likely N-dealkylation sites (tertiary alicyclic amines) is 1. The van der Waals surface area contributed by atoms with Crippen LogP contribution in [-0.4, -0.2) is 235 Å². The number of nitro groups is 1. The topological polar surface area (TPSA) is 193 Å². The summed E-state index contributed by atoms with van der Waals surface area (Å²) in [5, 5.41) is 13.3. The molecule has 2 heterocycles. The second-order valence-electron chi connectivity index (χ2n) is 16.1. The maximum absolute atomic E-state index is 11.6. The Labute approximate surface area is 380 Å². The third kappa shape index (κ3) is 29.7. The van der Waals surface area contributed by atoms with Crippen LogP contribution in [0.25, 0.3) is 0 Å². The average Bonchev–Trinajstić information content (AvgIpc) is 3.28. The van der Waals surface area contributed by atoms with Gasteiger partial charge in [-0.2, -0.15) is 0 Å². The van der Waals surface area contributed by atoms with Crippen molar-refractivity contribution < 1.29 is 66.6 Å². The van der Waals surface area contributed by atoms with Crippen LogP contribution in [0.4, 0.5) is 10.5 Å². The lowest BCUT2D eigenvalue weighted by Crippen LogP contribution is -2.53. The molecule has 2 fully saturated rings. The molecule has 1 aromatic rings. The molecule has 0 spiro atoms. The summed E-state index contributed by atoms with van der Waals surface area (Å²) in [6.07, 6.45) is 1.97. The Morgan fingerprint density at radius 1 is 0.562 bits per heavy atom. The van der Waals surface area contributed by atoms with Crippen molar-refractivity contribution in [2.45, 2.75) is 45.3 Å². The molecule has 0 radical (unpaired) electrons. The number of piperazine rings is 1. The fourth-order valence-electron chi connectivity index (χ4n) is 6.63. The fourth-order valence-corrected chi connectivity index (χ4v) is 6.63. The van der Waals surface area contributed by atoms with Gasteiger partial charge < -0.3 is 67.1 Å². The van der Waals surface area contributed by atoms with Crippen LogP contribution in [-0.2, 0) is 52.1 Å². The number of benzene rings is 1. The number of hydrogen-bond acceptors (Lipinski definition) is 18. The Morgan fingerprint density at radius 3 is 1.34 bits per heavy atom. The standard InChI is InChI=1S/C44H79N5O15/c1-44(2,3)64-43(50)45-10-19-53-22-25-56-28-31-59-32-30-58-27-24-55-21-18-47-13-15-48(16-14-47)40-8-11-46(12-9-40)17-20-54-23-26-57-29-33-60-34-35-61-36-37-62-38-39-63-42-6-4-41(5-7-42)49(51)52/h4-7,40H,8-39H2,1-3H3,(H,45,50). The number of nitro benzene ring substituents is 1. The summed E-state index contributed by atoms with van der Waals surface area (Å²) in [6, 6.07) is 6.62. The van der Waals surface area contributed by atoms with Gasteiger partial charge in [-0.1, -0.05) is 0 Å². The zero-order chi connectivity index (χ0) is 45.8. The van der Waals surface area contributed by atoms with Crippen molar-refractivity contribution in [2.75, 3.05) is 198 Å². The van der Waals surface area contributed by atoms with Crippen molar-refractivity contribution in [3.05, 3.63) is 34.4 Å². The monoisotopic (exact) mass is 918 g/mol. The molecule has 20 nitrogen and oxygen atoms in total. The summed E-state index contributed by atoms with van der Waals surface area (Å²) >= 11 is 0. The van der Waals surface area contributed by atoms with E-state index in [0.717, 1.165) is 59.0 Å². The van der Waals surface area contributed by atoms with Gasteiger partial charge in [-0.05, 0) is 58.8 Å². The smallest absolute Gasteiger partial charge is 0.407 e. The van der Waals surface area contributed by atoms with Crippen molar-refractivity contribution in [3.63, 3.8) is 0 Å². The molecule has 0 aliphatic carbocycles. The van der Waals surface area contributed by atoms with Crippen LogP contribution in [0.3, 0.4) is 0 Å². The number of carbonyl (C=O) groups excluding carboxylic acids is 1. The number of alkyl carbamates (subject to hydrolysis) is 1. The van der Waals surface area contributed by atoms with E-state index in [9.17, 15) is 14.9 Å². The van der Waals surface area contributed by atoms with E-state index in [2.05, 4.69) is 20.0 Å². The van der Waals surface area contributed by atoms with Crippen molar-refractivity contribution >= 4 is 11.8 Å². The van der Waals surface area contributed by atoms with Gasteiger partial charge in [0.25, 0.3) is 5.69 Å². The molecule has 0 unspecified atom stereocenters. The molecule has 0 atom stereocenters. The summed E-state index contributed by atoms with van der Waals surface area (Å²) in [4.78, 5) is 29.5. The van der Waals surface area contributed by atoms with Crippen molar-refractivity contribution in [1.29, 1.82) is 0 Å². The first kappa shape index (κ1) is 55.5. The predicted molar refractivity (Wildman–Crippen MR) is 238 cm³/mol. The molecule has 1 N–H and O–H groups in total. The zero-order valence-electron chi connectivity index (χ0n) is 38.9. The second kappa shape index (κ2) is 36.3. The first-order chi connectivity index (χ1) is 31.2. The number of ether oxygens (including phenoxy) is 12. The van der Waals surface area contributed by atoms with Crippen LogP contribution in [0.5, 0.6) is 5.75 Å². The number of rotatable bonds is 39. The van der Waals surface area contributed by atoms with Gasteiger partial charge in [-0.25, -0.2) is 4.79 Å². The van der Waals surface area contributed by atoms with Gasteiger partial charge >= 0.3 is 6.09 Å². The van der Waals surface area contributed by atoms with Gasteiger partial charge in [-0.15, -0.1) is 0 Å². The Morgan fingerprint density at radius 2 is 0.938 bits per heavy atom. The minimum Gasteiger partial charge on any atom is -0.491 e. The number of hydrogen-bond donors (Lipinski definition) is 1. The van der Waals surface area contributed by atoms with Gasteiger partial charge in [0, 0.05) is 64.0 Å². The van der Waals surface area contributed by atoms with Crippen LogP contribution >= 0.6 is 0 Å². The maximum Gasteiger partial charge on any atom is 0.407 e. The maximum atomic E-state index is 11.6. The van der Waals surface area contributed by atoms with E-state index in [1.807, 2.05) is 20.8 Å². The van der Waals surface area contributed by atoms with Crippen LogP contribution < -0.4 is 10.1 Å². The Bertz CT molecular complexity index is 1280. The summed E-state index contributed by atoms with van der Waals surface area (Å²) < 4.78 is 66.5. The summed E-state index contributed by atoms with van der Waals surface area (Å²) in [6.45, 7) is 25.1. The van der Waals surface area contributed by atoms with E-state index in [-0.39, 0.29) is 5.69 Å². The Balaban J connectivity index is 0.971. The molecule has 20 heteroatoms. The van der Waals surface area contributed by atoms with E-state index in [4.69, 9.17) is 56.8 Å². The van der Waals surface area contributed by atoms with E-state index in [1.165, 1.54) is 25.0 Å². The van der Waals surface area contributed by atoms with Gasteiger partial charge in [0.15, 0.2) is 0 Å². The number of amides is 1. The Hall–Kier alpha value is -2.83. The average molecular weight is 918 g/mol. The molecule has 2 aliphatic heterocycles. The second-order valence-corrected chi connectivity index (χ2v) is 16.1. The van der Waals surface area contributed by atoms with Crippen LogP contribution in [0.2, 0.25) is 0 Å². The Kier molecular flexibility index (Phi) is 31.5. The van der Waals surface area contributed by atoms with Gasteiger partial charge in [-0.3, -0.25) is 19.9 Å². The molecule has 3 rings (SSSR count). The highest BCUT2D eigenvalue weighted by molar-refractivity contribution is 5.67. The summed E-state index contributed by atoms with van der Waals surface area (Å²) in [5.41, 5.74) is -0.483. The molecule has 0 bridgehead atoms. The number of carbonyl (C=O) groups is 1. The fraction of sp³-hybridized carbons (Fsp3) is 0.841. The minimum absolute atomic E-state index is 0.0297. The van der Waals surface area contributed by atoms with E-state index < -0.39 is 16.6 Å². The van der Waals surface area contributed by atoms with Gasteiger partial charge in [0.05, 0.1) is 137 Å². The highest BCUT2D eigenvalue weighted by Gasteiger charge is 2.27. The van der Waals surface area contributed by atoms with E-state index >= 15 is 0 Å². The SMILES string of the molecule is CC(C)(C)OC(=O)NCCOCCOCCOCCOCCOCCN1CCN(C2CCN(CCOCCOCCOCCOCCOCCOc3ccc([N+](=O)[O-])cc3)CC2)CC1. The van der Waals surface area contributed by atoms with Gasteiger partial charge in [0.2, 0.25) is 0 Å². The first-order valence-electron chi connectivity index (χ1n) is 23.0. The summed E-state index contributed by atoms with van der Waals surface area (Å²) in [7, 11) is 0. The number of nitrogens with one attached hydrogen (secondary N) is 1. The molecule has 1 aromatic carbocycles. The highest BCUT2D eigenvalue weighted by Crippen LogP contribution is 2.19. The van der Waals surface area contributed by atoms with Crippen LogP contribution in [0.15, 0.2) is 24.3 Å². The first-order valence-corrected chi connectivity index (χ1v) is 23.0. The molecule has 64 heavy (non-hydrogen) atoms. The van der Waals surface area contributed by atoms with Gasteiger partial charge in [0.1, 0.15) is 18.0 Å². The molecule has 1 amide bonds. The molecule has 0 saturated carbocycles. The van der Waals surface area contributed by atoms with Crippen molar-refractivity contribution in [1.82, 2.24) is 20.0 Å². The van der Waals surface area contributed by atoms with Crippen LogP contribution in [0.1, 0.15) is 33.6 Å². The molecule has 0 aromatic heterocycles. The van der Waals surface area contributed by atoms with Crippen LogP contribution in [0, 0.1) is 10.1 Å². The number of piperidine rings is 1. The molecule has 2 saturated heterocycles. The third-order valence-corrected chi connectivity index (χ3v) is 10.0. The molecular weight excluding hydrogens is 839 g/mol. The lowest BCUT2D eigenvalue weighted by atomic mass is 10.0. The third-order valence-electron chi connectivity index (χ3n) is 10.0. The van der Waals surface area contributed by atoms with E-state index in [0.29, 0.717) is 150 Å². The lowest BCUT2D eigenvalue weighted by molar-refractivity contribution is -0.384. The van der Waals surface area contributed by atoms with Crippen molar-refractivity contribution in [2.24, 2.45) is 0 Å². The highest BCUT2D eigenvalue weighted by atomic mass is 16.6. The number of non-ortho nitro benzene ring substituents is 1. The summed E-state index contributed by atoms with van der Waals surface area (Å²) in [5.74, 6) is 0.562. The molecule has 370 valence electrons. The molecular formula is C44H79N5O15. The zero-order valence-corrected chi connectivity index (χ0v) is 38.9. The van der Waals surface area contributed by atoms with E-state index in [1.54, 1.807) is 12.1 Å². The largest absolute Gasteiger partial charge is 0.491 e. The normalized spacial score (nSPS) is 15.7.